The van der Waals surface area contributed by atoms with Crippen LogP contribution in [0.25, 0.3) is 10.9 Å². The molecule has 96 valence electrons. The van der Waals surface area contributed by atoms with Crippen LogP contribution >= 0.6 is 0 Å². The summed E-state index contributed by atoms with van der Waals surface area (Å²) in [6.45, 7) is 0. The molecule has 1 aromatic heterocycles. The molecule has 0 aliphatic carbocycles. The number of nitrogens with zero attached hydrogens (tertiary/aromatic N) is 1. The van der Waals surface area contributed by atoms with E-state index in [1.54, 1.807) is 18.2 Å². The summed E-state index contributed by atoms with van der Waals surface area (Å²) in [6, 6.07) is 9.23. The molecule has 2 nitrogen and oxygen atoms in total. The predicted octanol–water partition coefficient (Wildman–Crippen LogP) is 2.93. The molecule has 2 rings (SSSR count). The molecule has 5 heteroatoms. The maximum absolute atomic E-state index is 12.6. The lowest BCUT2D eigenvalue weighted by Crippen LogP contribution is -2.41. The second-order valence-electron chi connectivity index (χ2n) is 4.08. The van der Waals surface area contributed by atoms with E-state index in [0.29, 0.717) is 11.2 Å². The Hall–Kier alpha value is -1.62. The molecule has 1 unspecified atom stereocenters. The minimum absolute atomic E-state index is 0.162. The van der Waals surface area contributed by atoms with Crippen molar-refractivity contribution in [1.82, 2.24) is 10.3 Å². The topological polar surface area (TPSA) is 24.9 Å². The van der Waals surface area contributed by atoms with Gasteiger partial charge < -0.3 is 5.32 Å². The zero-order valence-electron chi connectivity index (χ0n) is 9.83. The Kier molecular flexibility index (Phi) is 3.52. The molecule has 0 aliphatic rings. The molecule has 0 amide bonds. The average Bonchev–Trinajstić information content (AvgIpc) is 2.34. The van der Waals surface area contributed by atoms with Crippen LogP contribution in [0, 0.1) is 0 Å². The highest BCUT2D eigenvalue weighted by Crippen LogP contribution is 2.23. The van der Waals surface area contributed by atoms with Crippen molar-refractivity contribution in [2.24, 2.45) is 0 Å². The van der Waals surface area contributed by atoms with E-state index >= 15 is 0 Å². The molecular formula is C13H13F3N2. The average molecular weight is 254 g/mol. The number of pyridine rings is 1. The number of likely N-dealkylation sites (N-methyl/N-ethyl adjacent to an activating group) is 1. The van der Waals surface area contributed by atoms with Gasteiger partial charge in [-0.15, -0.1) is 0 Å². The number of hydrogen-bond donors (Lipinski definition) is 1. The molecule has 0 aliphatic heterocycles. The third kappa shape index (κ3) is 2.79. The Bertz CT molecular complexity index is 537. The van der Waals surface area contributed by atoms with E-state index in [4.69, 9.17) is 0 Å². The maximum atomic E-state index is 12.6. The number of para-hydroxylation sites is 1. The third-order valence-electron chi connectivity index (χ3n) is 2.81. The van der Waals surface area contributed by atoms with Crippen LogP contribution in [0.3, 0.4) is 0 Å². The minimum Gasteiger partial charge on any atom is -0.309 e. The molecule has 1 aromatic carbocycles. The van der Waals surface area contributed by atoms with Crippen molar-refractivity contribution in [3.8, 4) is 0 Å². The van der Waals surface area contributed by atoms with Gasteiger partial charge >= 0.3 is 6.18 Å². The van der Waals surface area contributed by atoms with E-state index < -0.39 is 12.2 Å². The molecular weight excluding hydrogens is 241 g/mol. The largest absolute Gasteiger partial charge is 0.404 e. The van der Waals surface area contributed by atoms with Crippen LogP contribution in [0.1, 0.15) is 5.69 Å². The molecule has 0 saturated heterocycles. The first-order valence-corrected chi connectivity index (χ1v) is 5.59. The molecule has 0 spiro atoms. The van der Waals surface area contributed by atoms with Crippen LogP contribution in [-0.4, -0.2) is 24.2 Å². The molecule has 0 fully saturated rings. The SMILES string of the molecule is CNC(Cc1ccc2ccccc2n1)C(F)(F)F. The Morgan fingerprint density at radius 1 is 1.17 bits per heavy atom. The number of benzene rings is 1. The summed E-state index contributed by atoms with van der Waals surface area (Å²) in [5, 5.41) is 3.20. The van der Waals surface area contributed by atoms with Crippen LogP contribution in [-0.2, 0) is 6.42 Å². The van der Waals surface area contributed by atoms with Crippen molar-refractivity contribution in [2.45, 2.75) is 18.6 Å². The van der Waals surface area contributed by atoms with Gasteiger partial charge in [-0.25, -0.2) is 0 Å². The summed E-state index contributed by atoms with van der Waals surface area (Å²) in [5.74, 6) is 0. The first-order valence-electron chi connectivity index (χ1n) is 5.59. The third-order valence-corrected chi connectivity index (χ3v) is 2.81. The fraction of sp³-hybridized carbons (Fsp3) is 0.308. The fourth-order valence-electron chi connectivity index (χ4n) is 1.81. The van der Waals surface area contributed by atoms with Gasteiger partial charge in [0.15, 0.2) is 0 Å². The number of fused-ring (bicyclic) bond motifs is 1. The normalized spacial score (nSPS) is 13.8. The van der Waals surface area contributed by atoms with Crippen LogP contribution in [0.2, 0.25) is 0 Å². The van der Waals surface area contributed by atoms with E-state index in [2.05, 4.69) is 10.3 Å². The minimum atomic E-state index is -4.26. The van der Waals surface area contributed by atoms with Crippen molar-refractivity contribution in [1.29, 1.82) is 0 Å². The van der Waals surface area contributed by atoms with Gasteiger partial charge in [-0.05, 0) is 19.2 Å². The van der Waals surface area contributed by atoms with Gasteiger partial charge in [0, 0.05) is 17.5 Å². The highest BCUT2D eigenvalue weighted by atomic mass is 19.4. The van der Waals surface area contributed by atoms with E-state index in [-0.39, 0.29) is 6.42 Å². The highest BCUT2D eigenvalue weighted by Gasteiger charge is 2.38. The van der Waals surface area contributed by atoms with Gasteiger partial charge in [0.2, 0.25) is 0 Å². The molecule has 1 heterocycles. The number of alkyl halides is 3. The second-order valence-corrected chi connectivity index (χ2v) is 4.08. The Morgan fingerprint density at radius 3 is 2.56 bits per heavy atom. The fourth-order valence-corrected chi connectivity index (χ4v) is 1.81. The van der Waals surface area contributed by atoms with Gasteiger partial charge in [-0.3, -0.25) is 4.98 Å². The Morgan fingerprint density at radius 2 is 1.89 bits per heavy atom. The monoisotopic (exact) mass is 254 g/mol. The summed E-state index contributed by atoms with van der Waals surface area (Å²) in [6.07, 6.45) is -4.42. The number of hydrogen-bond acceptors (Lipinski definition) is 2. The summed E-state index contributed by atoms with van der Waals surface area (Å²) in [7, 11) is 1.30. The smallest absolute Gasteiger partial charge is 0.309 e. The quantitative estimate of drug-likeness (QED) is 0.911. The van der Waals surface area contributed by atoms with Crippen LogP contribution < -0.4 is 5.32 Å². The van der Waals surface area contributed by atoms with Gasteiger partial charge in [0.1, 0.15) is 6.04 Å². The van der Waals surface area contributed by atoms with Crippen molar-refractivity contribution in [3.05, 3.63) is 42.1 Å². The molecule has 2 aromatic rings. The second kappa shape index (κ2) is 4.94. The number of halogens is 3. The number of nitrogens with one attached hydrogen (secondary N) is 1. The zero-order valence-corrected chi connectivity index (χ0v) is 9.83. The van der Waals surface area contributed by atoms with Gasteiger partial charge in [-0.1, -0.05) is 24.3 Å². The van der Waals surface area contributed by atoms with Crippen LogP contribution in [0.15, 0.2) is 36.4 Å². The lowest BCUT2D eigenvalue weighted by Gasteiger charge is -2.19. The standard InChI is InChI=1S/C13H13F3N2/c1-17-12(13(14,15)16)8-10-7-6-9-4-2-3-5-11(9)18-10/h2-7,12,17H,8H2,1H3. The Balaban J connectivity index is 2.26. The first kappa shape index (κ1) is 12.8. The van der Waals surface area contributed by atoms with Gasteiger partial charge in [0.05, 0.1) is 5.52 Å². The first-order chi connectivity index (χ1) is 8.50. The molecule has 0 radical (unpaired) electrons. The van der Waals surface area contributed by atoms with Crippen molar-refractivity contribution < 1.29 is 13.2 Å². The van der Waals surface area contributed by atoms with Crippen LogP contribution in [0.4, 0.5) is 13.2 Å². The summed E-state index contributed by atoms with van der Waals surface area (Å²) >= 11 is 0. The highest BCUT2D eigenvalue weighted by molar-refractivity contribution is 5.78. The van der Waals surface area contributed by atoms with E-state index in [1.165, 1.54) is 7.05 Å². The molecule has 18 heavy (non-hydrogen) atoms. The number of rotatable bonds is 3. The van der Waals surface area contributed by atoms with Crippen molar-refractivity contribution in [2.75, 3.05) is 7.05 Å². The molecule has 0 saturated carbocycles. The van der Waals surface area contributed by atoms with Gasteiger partial charge in [-0.2, -0.15) is 13.2 Å². The van der Waals surface area contributed by atoms with Crippen molar-refractivity contribution in [3.63, 3.8) is 0 Å². The molecule has 1 atom stereocenters. The Labute approximate surface area is 103 Å². The zero-order chi connectivity index (χ0) is 13.2. The predicted molar refractivity (Wildman–Crippen MR) is 64.3 cm³/mol. The lowest BCUT2D eigenvalue weighted by molar-refractivity contribution is -0.154. The number of aromatic nitrogens is 1. The molecule has 1 N–H and O–H groups in total. The summed E-state index contributed by atoms with van der Waals surface area (Å²) in [4.78, 5) is 4.24. The van der Waals surface area contributed by atoms with E-state index in [0.717, 1.165) is 5.39 Å². The molecule has 0 bridgehead atoms. The van der Waals surface area contributed by atoms with Gasteiger partial charge in [0.25, 0.3) is 0 Å². The summed E-state index contributed by atoms with van der Waals surface area (Å²) < 4.78 is 37.9. The lowest BCUT2D eigenvalue weighted by atomic mass is 10.1. The van der Waals surface area contributed by atoms with E-state index in [1.807, 2.05) is 18.2 Å². The van der Waals surface area contributed by atoms with Crippen molar-refractivity contribution >= 4 is 10.9 Å². The van der Waals surface area contributed by atoms with Crippen LogP contribution in [0.5, 0.6) is 0 Å². The maximum Gasteiger partial charge on any atom is 0.404 e. The summed E-state index contributed by atoms with van der Waals surface area (Å²) in [5.41, 5.74) is 1.15. The van der Waals surface area contributed by atoms with E-state index in [9.17, 15) is 13.2 Å².